The molecule has 1 atom stereocenters. The Balaban J connectivity index is 2.26. The molecule has 0 aromatic heterocycles. The smallest absolute Gasteiger partial charge is 0.0922 e. The van der Waals surface area contributed by atoms with Crippen molar-refractivity contribution >= 4 is 22.4 Å². The van der Waals surface area contributed by atoms with Gasteiger partial charge in [-0.3, -0.25) is 0 Å². The van der Waals surface area contributed by atoms with Gasteiger partial charge in [-0.05, 0) is 42.9 Å². The van der Waals surface area contributed by atoms with Crippen LogP contribution in [0.5, 0.6) is 0 Å². The second kappa shape index (κ2) is 7.79. The predicted molar refractivity (Wildman–Crippen MR) is 90.9 cm³/mol. The summed E-state index contributed by atoms with van der Waals surface area (Å²) in [6.45, 7) is 7.07. The molecule has 0 saturated carbocycles. The molecule has 21 heavy (non-hydrogen) atoms. The van der Waals surface area contributed by atoms with Gasteiger partial charge in [-0.1, -0.05) is 55.8 Å². The predicted octanol–water partition coefficient (Wildman–Crippen LogP) is 4.65. The molecule has 0 saturated heterocycles. The highest BCUT2D eigenvalue weighted by Gasteiger charge is 2.15. The fourth-order valence-electron chi connectivity index (χ4n) is 2.85. The largest absolute Gasteiger partial charge is 0.387 e. The second-order valence-electron chi connectivity index (χ2n) is 5.50. The molecule has 0 bridgehead atoms. The molecular weight excluding hydrogens is 282 g/mol. The molecule has 2 nitrogen and oxygen atoms in total. The summed E-state index contributed by atoms with van der Waals surface area (Å²) in [5.74, 6) is 0. The van der Waals surface area contributed by atoms with Gasteiger partial charge in [-0.15, -0.1) is 0 Å². The van der Waals surface area contributed by atoms with Crippen LogP contribution in [0.2, 0.25) is 5.02 Å². The van der Waals surface area contributed by atoms with E-state index in [1.165, 1.54) is 0 Å². The van der Waals surface area contributed by atoms with E-state index < -0.39 is 6.10 Å². The second-order valence-corrected chi connectivity index (χ2v) is 5.91. The Morgan fingerprint density at radius 3 is 2.24 bits per heavy atom. The molecular formula is C18H24ClNO. The molecule has 1 N–H and O–H groups in total. The Kier molecular flexibility index (Phi) is 6.04. The molecule has 3 heteroatoms. The van der Waals surface area contributed by atoms with Crippen molar-refractivity contribution in [1.82, 2.24) is 4.90 Å². The third kappa shape index (κ3) is 3.97. The van der Waals surface area contributed by atoms with Crippen molar-refractivity contribution in [2.24, 2.45) is 0 Å². The zero-order valence-corrected chi connectivity index (χ0v) is 13.6. The molecule has 0 aliphatic carbocycles. The summed E-state index contributed by atoms with van der Waals surface area (Å²) in [5, 5.41) is 13.4. The highest BCUT2D eigenvalue weighted by molar-refractivity contribution is 6.35. The van der Waals surface area contributed by atoms with Crippen LogP contribution >= 0.6 is 11.6 Å². The molecule has 0 amide bonds. The normalized spacial score (nSPS) is 13.0. The molecule has 114 valence electrons. The number of aliphatic hydroxyl groups is 1. The van der Waals surface area contributed by atoms with Gasteiger partial charge in [0.25, 0.3) is 0 Å². The first-order chi connectivity index (χ1) is 10.2. The molecule has 1 unspecified atom stereocenters. The monoisotopic (exact) mass is 305 g/mol. The third-order valence-corrected chi connectivity index (χ3v) is 4.10. The van der Waals surface area contributed by atoms with Crippen molar-refractivity contribution in [2.75, 3.05) is 19.6 Å². The Labute approximate surface area is 132 Å². The molecule has 2 aromatic rings. The number of hydrogen-bond acceptors (Lipinski definition) is 2. The van der Waals surface area contributed by atoms with E-state index >= 15 is 0 Å². The van der Waals surface area contributed by atoms with Crippen LogP contribution in [0.4, 0.5) is 0 Å². The van der Waals surface area contributed by atoms with Crippen LogP contribution in [0, 0.1) is 0 Å². The quantitative estimate of drug-likeness (QED) is 0.805. The molecule has 0 spiro atoms. The average molecular weight is 306 g/mol. The van der Waals surface area contributed by atoms with Gasteiger partial charge in [0.2, 0.25) is 0 Å². The Morgan fingerprint density at radius 2 is 1.62 bits per heavy atom. The van der Waals surface area contributed by atoms with E-state index in [9.17, 15) is 5.11 Å². The zero-order chi connectivity index (χ0) is 15.2. The number of benzene rings is 2. The summed E-state index contributed by atoms with van der Waals surface area (Å²) in [5.41, 5.74) is 0.965. The molecule has 0 aliphatic heterocycles. The van der Waals surface area contributed by atoms with Gasteiger partial charge in [0, 0.05) is 17.0 Å². The van der Waals surface area contributed by atoms with Crippen molar-refractivity contribution in [3.63, 3.8) is 0 Å². The lowest BCUT2D eigenvalue weighted by molar-refractivity contribution is 0.114. The van der Waals surface area contributed by atoms with Gasteiger partial charge in [0.1, 0.15) is 0 Å². The lowest BCUT2D eigenvalue weighted by atomic mass is 10.00. The van der Waals surface area contributed by atoms with Crippen molar-refractivity contribution in [1.29, 1.82) is 0 Å². The molecule has 0 fully saturated rings. The fourth-order valence-corrected chi connectivity index (χ4v) is 3.07. The van der Waals surface area contributed by atoms with Gasteiger partial charge in [-0.2, -0.15) is 0 Å². The molecule has 2 aromatic carbocycles. The summed E-state index contributed by atoms with van der Waals surface area (Å²) in [6, 6.07) is 11.8. The zero-order valence-electron chi connectivity index (χ0n) is 12.8. The fraction of sp³-hybridized carbons (Fsp3) is 0.444. The van der Waals surface area contributed by atoms with Gasteiger partial charge in [0.15, 0.2) is 0 Å². The van der Waals surface area contributed by atoms with Crippen molar-refractivity contribution in [3.05, 3.63) is 47.0 Å². The number of halogens is 1. The van der Waals surface area contributed by atoms with Crippen molar-refractivity contribution < 1.29 is 5.11 Å². The summed E-state index contributed by atoms with van der Waals surface area (Å²) in [7, 11) is 0. The minimum absolute atomic E-state index is 0.481. The molecule has 0 heterocycles. The Bertz CT molecular complexity index is 578. The van der Waals surface area contributed by atoms with Crippen LogP contribution in [0.3, 0.4) is 0 Å². The van der Waals surface area contributed by atoms with E-state index in [-0.39, 0.29) is 0 Å². The van der Waals surface area contributed by atoms with Gasteiger partial charge >= 0.3 is 0 Å². The van der Waals surface area contributed by atoms with E-state index in [0.717, 1.165) is 47.3 Å². The number of hydrogen-bond donors (Lipinski definition) is 1. The Morgan fingerprint density at radius 1 is 1.00 bits per heavy atom. The van der Waals surface area contributed by atoms with Crippen LogP contribution in [0.15, 0.2) is 36.4 Å². The number of aliphatic hydroxyl groups excluding tert-OH is 1. The van der Waals surface area contributed by atoms with E-state index in [2.05, 4.69) is 18.7 Å². The lowest BCUT2D eigenvalue weighted by Gasteiger charge is -2.25. The van der Waals surface area contributed by atoms with Crippen LogP contribution in [0.1, 0.15) is 38.4 Å². The minimum atomic E-state index is -0.481. The van der Waals surface area contributed by atoms with Gasteiger partial charge < -0.3 is 10.0 Å². The maximum absolute atomic E-state index is 10.6. The van der Waals surface area contributed by atoms with Crippen LogP contribution < -0.4 is 0 Å². The highest BCUT2D eigenvalue weighted by Crippen LogP contribution is 2.30. The summed E-state index contributed by atoms with van der Waals surface area (Å²) < 4.78 is 0. The number of fused-ring (bicyclic) bond motifs is 1. The van der Waals surface area contributed by atoms with E-state index in [1.54, 1.807) is 0 Å². The number of rotatable bonds is 7. The number of nitrogens with zero attached hydrogens (tertiary/aromatic N) is 1. The van der Waals surface area contributed by atoms with E-state index in [0.29, 0.717) is 6.54 Å². The van der Waals surface area contributed by atoms with Crippen molar-refractivity contribution in [3.8, 4) is 0 Å². The first-order valence-corrected chi connectivity index (χ1v) is 8.12. The van der Waals surface area contributed by atoms with Gasteiger partial charge in [0.05, 0.1) is 6.10 Å². The maximum atomic E-state index is 10.6. The Hall–Kier alpha value is -1.09. The van der Waals surface area contributed by atoms with Crippen molar-refractivity contribution in [2.45, 2.75) is 32.8 Å². The van der Waals surface area contributed by atoms with Crippen LogP contribution in [-0.4, -0.2) is 29.6 Å². The standard InChI is InChI=1S/C18H24ClNO/c1-3-11-20(12-4-2)13-18(21)16-9-10-17(19)15-8-6-5-7-14(15)16/h5-10,18,21H,3-4,11-13H2,1-2H3. The summed E-state index contributed by atoms with van der Waals surface area (Å²) >= 11 is 6.25. The molecule has 0 radical (unpaired) electrons. The first-order valence-electron chi connectivity index (χ1n) is 7.75. The minimum Gasteiger partial charge on any atom is -0.387 e. The highest BCUT2D eigenvalue weighted by atomic mass is 35.5. The third-order valence-electron chi connectivity index (χ3n) is 3.77. The van der Waals surface area contributed by atoms with E-state index in [4.69, 9.17) is 11.6 Å². The average Bonchev–Trinajstić information content (AvgIpc) is 2.48. The summed E-state index contributed by atoms with van der Waals surface area (Å²) in [6.07, 6.45) is 1.73. The first kappa shape index (κ1) is 16.3. The summed E-state index contributed by atoms with van der Waals surface area (Å²) in [4.78, 5) is 2.33. The van der Waals surface area contributed by atoms with E-state index in [1.807, 2.05) is 36.4 Å². The van der Waals surface area contributed by atoms with Crippen LogP contribution in [0.25, 0.3) is 10.8 Å². The maximum Gasteiger partial charge on any atom is 0.0922 e. The van der Waals surface area contributed by atoms with Gasteiger partial charge in [-0.25, -0.2) is 0 Å². The molecule has 0 aliphatic rings. The van der Waals surface area contributed by atoms with Crippen LogP contribution in [-0.2, 0) is 0 Å². The topological polar surface area (TPSA) is 23.5 Å². The SMILES string of the molecule is CCCN(CCC)CC(O)c1ccc(Cl)c2ccccc12. The molecule has 2 rings (SSSR count). The lowest BCUT2D eigenvalue weighted by Crippen LogP contribution is -2.30.